The largest absolute Gasteiger partial charge is 0.478 e. The molecule has 0 radical (unpaired) electrons. The minimum Gasteiger partial charge on any atom is -0.478 e. The van der Waals surface area contributed by atoms with E-state index < -0.39 is 12.0 Å². The van der Waals surface area contributed by atoms with E-state index in [0.29, 0.717) is 0 Å². The predicted molar refractivity (Wildman–Crippen MR) is 39.6 cm³/mol. The van der Waals surface area contributed by atoms with Crippen LogP contribution in [0, 0.1) is 0 Å². The van der Waals surface area contributed by atoms with Gasteiger partial charge in [-0.05, 0) is 6.92 Å². The van der Waals surface area contributed by atoms with Gasteiger partial charge in [0, 0.05) is 6.92 Å². The number of carbonyl (C=O) groups is 2. The molecule has 2 N–H and O–H groups in total. The molecule has 11 heavy (non-hydrogen) atoms. The topological polar surface area (TPSA) is 69.4 Å². The summed E-state index contributed by atoms with van der Waals surface area (Å²) in [5, 5.41) is 0. The maximum Gasteiger partial charge on any atom is 0.258 e. The number of nitrogens with two attached hydrogens (primary N) is 1. The van der Waals surface area contributed by atoms with Crippen LogP contribution in [0.25, 0.3) is 0 Å². The molecule has 4 nitrogen and oxygen atoms in total. The number of Topliss-reactive ketones (excluding diaryl/α,β-unsaturated/α-hetero) is 1. The molecule has 0 aromatic rings. The monoisotopic (exact) mass is 157 g/mol. The number of primary amides is 1. The van der Waals surface area contributed by atoms with Crippen LogP contribution >= 0.6 is 0 Å². The first-order chi connectivity index (χ1) is 4.95. The van der Waals surface area contributed by atoms with E-state index in [1.165, 1.54) is 13.8 Å². The van der Waals surface area contributed by atoms with Crippen molar-refractivity contribution < 1.29 is 14.3 Å². The van der Waals surface area contributed by atoms with E-state index in [-0.39, 0.29) is 11.5 Å². The summed E-state index contributed by atoms with van der Waals surface area (Å²) in [6.07, 6.45) is -0.800. The first-order valence-electron chi connectivity index (χ1n) is 3.11. The minimum absolute atomic E-state index is 0.0451. The number of carbonyl (C=O) groups excluding carboxylic acids is 2. The van der Waals surface area contributed by atoms with Crippen LogP contribution in [0.3, 0.4) is 0 Å². The normalized spacial score (nSPS) is 11.8. The van der Waals surface area contributed by atoms with Crippen LogP contribution in [0.4, 0.5) is 0 Å². The van der Waals surface area contributed by atoms with Gasteiger partial charge in [-0.2, -0.15) is 0 Å². The van der Waals surface area contributed by atoms with Crippen molar-refractivity contribution in [1.82, 2.24) is 0 Å². The zero-order valence-electron chi connectivity index (χ0n) is 6.59. The maximum absolute atomic E-state index is 10.5. The van der Waals surface area contributed by atoms with Crippen LogP contribution in [-0.2, 0) is 14.3 Å². The highest BCUT2D eigenvalue weighted by Crippen LogP contribution is 2.00. The molecule has 0 aromatic carbocycles. The Balaban J connectivity index is 3.95. The quantitative estimate of drug-likeness (QED) is 0.460. The molecule has 0 saturated heterocycles. The molecule has 1 atom stereocenters. The Morgan fingerprint density at radius 3 is 2.27 bits per heavy atom. The molecule has 1 amide bonds. The Morgan fingerprint density at radius 2 is 2.00 bits per heavy atom. The van der Waals surface area contributed by atoms with E-state index in [4.69, 9.17) is 10.5 Å². The Morgan fingerprint density at radius 1 is 1.55 bits per heavy atom. The van der Waals surface area contributed by atoms with Gasteiger partial charge in [0.25, 0.3) is 5.91 Å². The fourth-order valence-corrected chi connectivity index (χ4v) is 0.354. The van der Waals surface area contributed by atoms with Gasteiger partial charge < -0.3 is 10.5 Å². The molecule has 62 valence electrons. The van der Waals surface area contributed by atoms with E-state index in [9.17, 15) is 9.59 Å². The van der Waals surface area contributed by atoms with E-state index >= 15 is 0 Å². The average Bonchev–Trinajstić information content (AvgIpc) is 1.87. The van der Waals surface area contributed by atoms with Crippen LogP contribution < -0.4 is 5.73 Å². The third-order valence-electron chi connectivity index (χ3n) is 1.11. The van der Waals surface area contributed by atoms with Crippen molar-refractivity contribution >= 4 is 11.7 Å². The molecule has 1 unspecified atom stereocenters. The second kappa shape index (κ2) is 3.75. The van der Waals surface area contributed by atoms with Crippen LogP contribution in [0.2, 0.25) is 0 Å². The first-order valence-corrected chi connectivity index (χ1v) is 3.11. The van der Waals surface area contributed by atoms with Gasteiger partial charge in [0.1, 0.15) is 0 Å². The van der Waals surface area contributed by atoms with Gasteiger partial charge in [-0.3, -0.25) is 9.59 Å². The van der Waals surface area contributed by atoms with Crippen molar-refractivity contribution in [3.05, 3.63) is 12.3 Å². The van der Waals surface area contributed by atoms with Crippen molar-refractivity contribution in [1.29, 1.82) is 0 Å². The van der Waals surface area contributed by atoms with Gasteiger partial charge in [-0.1, -0.05) is 6.58 Å². The van der Waals surface area contributed by atoms with Crippen molar-refractivity contribution in [3.63, 3.8) is 0 Å². The predicted octanol–water partition coefficient (Wildman–Crippen LogP) is -0.0205. The lowest BCUT2D eigenvalue weighted by Gasteiger charge is -2.10. The lowest BCUT2D eigenvalue weighted by atomic mass is 10.3. The standard InChI is InChI=1S/C7H11NO3/c1-4(9)5(2)11-6(3)7(8)10/h6H,2H2,1,3H3,(H2,8,10). The number of hydrogen-bond donors (Lipinski definition) is 1. The third kappa shape index (κ3) is 3.40. The lowest BCUT2D eigenvalue weighted by Crippen LogP contribution is -2.28. The molecule has 0 aliphatic rings. The molecule has 0 aliphatic carbocycles. The summed E-state index contributed by atoms with van der Waals surface area (Å²) in [5.74, 6) is -0.971. The van der Waals surface area contributed by atoms with E-state index in [2.05, 4.69) is 6.58 Å². The van der Waals surface area contributed by atoms with Crippen LogP contribution in [0.1, 0.15) is 13.8 Å². The Hall–Kier alpha value is -1.32. The number of allylic oxidation sites excluding steroid dienone is 1. The number of hydrogen-bond acceptors (Lipinski definition) is 3. The smallest absolute Gasteiger partial charge is 0.258 e. The summed E-state index contributed by atoms with van der Waals surface area (Å²) in [7, 11) is 0. The molecule has 0 fully saturated rings. The second-order valence-corrected chi connectivity index (χ2v) is 2.14. The number of ether oxygens (including phenoxy) is 1. The lowest BCUT2D eigenvalue weighted by molar-refractivity contribution is -0.128. The molecule has 0 heterocycles. The van der Waals surface area contributed by atoms with Crippen molar-refractivity contribution in [2.75, 3.05) is 0 Å². The summed E-state index contributed by atoms with van der Waals surface area (Å²) in [6, 6.07) is 0. The summed E-state index contributed by atoms with van der Waals surface area (Å²) >= 11 is 0. The van der Waals surface area contributed by atoms with Gasteiger partial charge in [0.15, 0.2) is 17.6 Å². The van der Waals surface area contributed by atoms with Crippen molar-refractivity contribution in [3.8, 4) is 0 Å². The molecule has 0 rings (SSSR count). The van der Waals surface area contributed by atoms with Gasteiger partial charge in [-0.15, -0.1) is 0 Å². The zero-order chi connectivity index (χ0) is 9.02. The molecule has 4 heteroatoms. The van der Waals surface area contributed by atoms with Crippen LogP contribution in [-0.4, -0.2) is 17.8 Å². The highest BCUT2D eigenvalue weighted by Gasteiger charge is 2.12. The van der Waals surface area contributed by atoms with Gasteiger partial charge >= 0.3 is 0 Å². The minimum atomic E-state index is -0.800. The number of amides is 1. The summed E-state index contributed by atoms with van der Waals surface area (Å²) < 4.78 is 4.75. The molecule has 0 aliphatic heterocycles. The molecule has 0 spiro atoms. The van der Waals surface area contributed by atoms with Gasteiger partial charge in [0.2, 0.25) is 0 Å². The number of ketones is 1. The highest BCUT2D eigenvalue weighted by atomic mass is 16.5. The van der Waals surface area contributed by atoms with E-state index in [1.54, 1.807) is 0 Å². The fourth-order valence-electron chi connectivity index (χ4n) is 0.354. The third-order valence-corrected chi connectivity index (χ3v) is 1.11. The second-order valence-electron chi connectivity index (χ2n) is 2.14. The molecular formula is C7H11NO3. The van der Waals surface area contributed by atoms with Gasteiger partial charge in [0.05, 0.1) is 0 Å². The fraction of sp³-hybridized carbons (Fsp3) is 0.429. The summed E-state index contributed by atoms with van der Waals surface area (Å²) in [6.45, 7) is 6.05. The summed E-state index contributed by atoms with van der Waals surface area (Å²) in [5.41, 5.74) is 4.87. The molecular weight excluding hydrogens is 146 g/mol. The zero-order valence-corrected chi connectivity index (χ0v) is 6.59. The Bertz CT molecular complexity index is 198. The average molecular weight is 157 g/mol. The van der Waals surface area contributed by atoms with Gasteiger partial charge in [-0.25, -0.2) is 0 Å². The molecule has 0 bridgehead atoms. The van der Waals surface area contributed by atoms with Crippen LogP contribution in [0.15, 0.2) is 12.3 Å². The van der Waals surface area contributed by atoms with E-state index in [1.807, 2.05) is 0 Å². The Kier molecular flexibility index (Phi) is 3.30. The molecule has 0 saturated carbocycles. The maximum atomic E-state index is 10.5. The summed E-state index contributed by atoms with van der Waals surface area (Å²) in [4.78, 5) is 20.9. The van der Waals surface area contributed by atoms with E-state index in [0.717, 1.165) is 0 Å². The Labute approximate surface area is 65.0 Å². The first kappa shape index (κ1) is 9.68. The number of rotatable bonds is 4. The van der Waals surface area contributed by atoms with Crippen LogP contribution in [0.5, 0.6) is 0 Å². The van der Waals surface area contributed by atoms with Crippen molar-refractivity contribution in [2.45, 2.75) is 20.0 Å². The highest BCUT2D eigenvalue weighted by molar-refractivity contribution is 5.91. The van der Waals surface area contributed by atoms with Crippen molar-refractivity contribution in [2.24, 2.45) is 5.73 Å². The molecule has 0 aromatic heterocycles. The SMILES string of the molecule is C=C(OC(C)C(N)=O)C(C)=O.